The molecule has 0 atom stereocenters. The third-order valence-electron chi connectivity index (χ3n) is 6.58. The Morgan fingerprint density at radius 2 is 2.03 bits per heavy atom. The number of allylic oxidation sites excluding steroid dienone is 1. The normalized spacial score (nSPS) is 14.3. The van der Waals surface area contributed by atoms with Crippen molar-refractivity contribution in [2.45, 2.75) is 26.4 Å². The van der Waals surface area contributed by atoms with Gasteiger partial charge in [0.2, 0.25) is 5.95 Å². The molecule has 192 valence electrons. The molecule has 0 bridgehead atoms. The van der Waals surface area contributed by atoms with Crippen molar-refractivity contribution in [2.75, 3.05) is 43.5 Å². The van der Waals surface area contributed by atoms with Gasteiger partial charge in [0, 0.05) is 50.2 Å². The van der Waals surface area contributed by atoms with Crippen molar-refractivity contribution >= 4 is 39.6 Å². The fourth-order valence-electron chi connectivity index (χ4n) is 4.58. The molecular weight excluding hydrogens is 486 g/mol. The molecule has 1 fully saturated rings. The minimum Gasteiger partial charge on any atom is -0.495 e. The number of fused-ring (bicyclic) bond motifs is 1. The second-order valence-electron chi connectivity index (χ2n) is 9.19. The molecular formula is C27H31N7O2S. The SMILES string of the molecule is C=CCn1nc(-c2cccs2)c2nc(Nc3ccc(N4CCN(C(C)C)CC4)c(OC)c3)ncc2c1=O. The number of methoxy groups -OCH3 is 1. The second kappa shape index (κ2) is 10.7. The Morgan fingerprint density at radius 3 is 2.70 bits per heavy atom. The first kappa shape index (κ1) is 24.9. The summed E-state index contributed by atoms with van der Waals surface area (Å²) in [5, 5.41) is 10.3. The van der Waals surface area contributed by atoms with E-state index in [1.54, 1.807) is 30.7 Å². The zero-order valence-corrected chi connectivity index (χ0v) is 22.2. The Balaban J connectivity index is 1.45. The molecule has 3 aromatic heterocycles. The van der Waals surface area contributed by atoms with Gasteiger partial charge in [-0.2, -0.15) is 5.10 Å². The summed E-state index contributed by atoms with van der Waals surface area (Å²) in [4.78, 5) is 27.9. The molecule has 0 unspecified atom stereocenters. The summed E-state index contributed by atoms with van der Waals surface area (Å²) in [6.07, 6.45) is 3.21. The summed E-state index contributed by atoms with van der Waals surface area (Å²) in [6, 6.07) is 10.5. The van der Waals surface area contributed by atoms with Crippen LogP contribution in [0.25, 0.3) is 21.5 Å². The topological polar surface area (TPSA) is 88.4 Å². The lowest BCUT2D eigenvalue weighted by atomic mass is 10.2. The van der Waals surface area contributed by atoms with Gasteiger partial charge in [0.05, 0.1) is 29.6 Å². The molecule has 0 aliphatic carbocycles. The van der Waals surface area contributed by atoms with Gasteiger partial charge in [-0.3, -0.25) is 9.69 Å². The van der Waals surface area contributed by atoms with Crippen LogP contribution in [0, 0.1) is 0 Å². The highest BCUT2D eigenvalue weighted by molar-refractivity contribution is 7.13. The predicted molar refractivity (Wildman–Crippen MR) is 150 cm³/mol. The predicted octanol–water partition coefficient (Wildman–Crippen LogP) is 4.38. The van der Waals surface area contributed by atoms with E-state index in [0.717, 1.165) is 48.2 Å². The Morgan fingerprint density at radius 1 is 1.22 bits per heavy atom. The van der Waals surface area contributed by atoms with E-state index in [1.165, 1.54) is 4.68 Å². The Kier molecular flexibility index (Phi) is 7.20. The average molecular weight is 518 g/mol. The minimum absolute atomic E-state index is 0.245. The molecule has 0 amide bonds. The first-order valence-corrected chi connectivity index (χ1v) is 13.2. The highest BCUT2D eigenvalue weighted by Crippen LogP contribution is 2.33. The van der Waals surface area contributed by atoms with Crippen LogP contribution in [-0.2, 0) is 6.54 Å². The maximum atomic E-state index is 13.0. The highest BCUT2D eigenvalue weighted by atomic mass is 32.1. The molecule has 0 spiro atoms. The molecule has 1 aliphatic heterocycles. The largest absolute Gasteiger partial charge is 0.495 e. The number of hydrogen-bond acceptors (Lipinski definition) is 9. The van der Waals surface area contributed by atoms with E-state index < -0.39 is 0 Å². The van der Waals surface area contributed by atoms with Crippen molar-refractivity contribution < 1.29 is 4.74 Å². The van der Waals surface area contributed by atoms with Crippen molar-refractivity contribution in [3.63, 3.8) is 0 Å². The number of aromatic nitrogens is 4. The summed E-state index contributed by atoms with van der Waals surface area (Å²) in [5.74, 6) is 1.17. The lowest BCUT2D eigenvalue weighted by Gasteiger charge is -2.38. The van der Waals surface area contributed by atoms with Gasteiger partial charge in [-0.15, -0.1) is 17.9 Å². The number of piperazine rings is 1. The number of nitrogens with zero attached hydrogens (tertiary/aromatic N) is 6. The quantitative estimate of drug-likeness (QED) is 0.345. The van der Waals surface area contributed by atoms with Crippen LogP contribution in [0.1, 0.15) is 13.8 Å². The van der Waals surface area contributed by atoms with E-state index in [2.05, 4.69) is 51.7 Å². The standard InChI is InChI=1S/C27H31N7O2S/c1-5-10-34-26(35)20-17-28-27(30-24(20)25(31-34)23-7-6-15-37-23)29-19-8-9-21(22(16-19)36-4)33-13-11-32(12-14-33)18(2)3/h5-9,15-18H,1,10-14H2,2-4H3,(H,28,29,30). The van der Waals surface area contributed by atoms with Gasteiger partial charge in [-0.25, -0.2) is 14.6 Å². The summed E-state index contributed by atoms with van der Waals surface area (Å²) < 4.78 is 7.14. The van der Waals surface area contributed by atoms with Gasteiger partial charge < -0.3 is 15.0 Å². The van der Waals surface area contributed by atoms with Gasteiger partial charge in [-0.05, 0) is 37.4 Å². The lowest BCUT2D eigenvalue weighted by Crippen LogP contribution is -2.49. The zero-order chi connectivity index (χ0) is 25.9. The van der Waals surface area contributed by atoms with Crippen LogP contribution in [-0.4, -0.2) is 64.0 Å². The van der Waals surface area contributed by atoms with Crippen LogP contribution in [0.3, 0.4) is 0 Å². The van der Waals surface area contributed by atoms with Crippen molar-refractivity contribution in [2.24, 2.45) is 0 Å². The second-order valence-corrected chi connectivity index (χ2v) is 10.1. The van der Waals surface area contributed by atoms with Gasteiger partial charge in [0.1, 0.15) is 17.0 Å². The van der Waals surface area contributed by atoms with Crippen LogP contribution in [0.15, 0.2) is 59.4 Å². The first-order valence-electron chi connectivity index (χ1n) is 12.3. The number of thiophene rings is 1. The van der Waals surface area contributed by atoms with Crippen LogP contribution >= 0.6 is 11.3 Å². The maximum absolute atomic E-state index is 13.0. The molecule has 4 heterocycles. The number of anilines is 3. The van der Waals surface area contributed by atoms with Crippen molar-refractivity contribution in [3.05, 3.63) is 64.9 Å². The third kappa shape index (κ3) is 5.07. The number of rotatable bonds is 8. The van der Waals surface area contributed by atoms with Crippen LogP contribution in [0.5, 0.6) is 5.75 Å². The molecule has 4 aromatic rings. The van der Waals surface area contributed by atoms with Crippen molar-refractivity contribution in [1.82, 2.24) is 24.6 Å². The van der Waals surface area contributed by atoms with Crippen molar-refractivity contribution in [3.8, 4) is 16.3 Å². The maximum Gasteiger partial charge on any atom is 0.278 e. The Labute approximate surface area is 220 Å². The van der Waals surface area contributed by atoms with Crippen molar-refractivity contribution in [1.29, 1.82) is 0 Å². The smallest absolute Gasteiger partial charge is 0.278 e. The van der Waals surface area contributed by atoms with Gasteiger partial charge in [0.25, 0.3) is 5.56 Å². The Hall–Kier alpha value is -3.76. The minimum atomic E-state index is -0.245. The number of nitrogens with one attached hydrogen (secondary N) is 1. The van der Waals surface area contributed by atoms with E-state index in [9.17, 15) is 4.79 Å². The van der Waals surface area contributed by atoms with E-state index >= 15 is 0 Å². The molecule has 1 N–H and O–H groups in total. The summed E-state index contributed by atoms with van der Waals surface area (Å²) >= 11 is 1.55. The van der Waals surface area contributed by atoms with E-state index in [-0.39, 0.29) is 5.56 Å². The first-order chi connectivity index (χ1) is 18.0. The van der Waals surface area contributed by atoms with Gasteiger partial charge in [0.15, 0.2) is 0 Å². The molecule has 1 aliphatic rings. The van der Waals surface area contributed by atoms with E-state index in [0.29, 0.717) is 35.1 Å². The van der Waals surface area contributed by atoms with Crippen LogP contribution in [0.4, 0.5) is 17.3 Å². The van der Waals surface area contributed by atoms with Gasteiger partial charge in [-0.1, -0.05) is 12.1 Å². The molecule has 9 nitrogen and oxygen atoms in total. The molecule has 5 rings (SSSR count). The number of hydrogen-bond donors (Lipinski definition) is 1. The highest BCUT2D eigenvalue weighted by Gasteiger charge is 2.22. The number of benzene rings is 1. The third-order valence-corrected chi connectivity index (χ3v) is 7.45. The van der Waals surface area contributed by atoms with E-state index in [1.807, 2.05) is 29.6 Å². The molecule has 1 aromatic carbocycles. The van der Waals surface area contributed by atoms with Gasteiger partial charge >= 0.3 is 0 Å². The Bertz CT molecular complexity index is 1460. The lowest BCUT2D eigenvalue weighted by molar-refractivity contribution is 0.209. The van der Waals surface area contributed by atoms with E-state index in [4.69, 9.17) is 9.72 Å². The zero-order valence-electron chi connectivity index (χ0n) is 21.3. The molecule has 1 saturated heterocycles. The monoisotopic (exact) mass is 517 g/mol. The molecule has 37 heavy (non-hydrogen) atoms. The molecule has 0 saturated carbocycles. The average Bonchev–Trinajstić information content (AvgIpc) is 3.45. The van der Waals surface area contributed by atoms with Crippen LogP contribution < -0.4 is 20.5 Å². The number of ether oxygens (including phenoxy) is 1. The summed E-state index contributed by atoms with van der Waals surface area (Å²) in [5.41, 5.74) is 2.78. The van der Waals surface area contributed by atoms with Crippen LogP contribution in [0.2, 0.25) is 0 Å². The summed E-state index contributed by atoms with van der Waals surface area (Å²) in [7, 11) is 1.69. The molecule has 10 heteroatoms. The molecule has 0 radical (unpaired) electrons. The fraction of sp³-hybridized carbons (Fsp3) is 0.333. The fourth-order valence-corrected chi connectivity index (χ4v) is 5.29. The summed E-state index contributed by atoms with van der Waals surface area (Å²) in [6.45, 7) is 12.5.